The highest BCUT2D eigenvalue weighted by molar-refractivity contribution is 7.12. The summed E-state index contributed by atoms with van der Waals surface area (Å²) in [6.45, 7) is 3.49. The van der Waals surface area contributed by atoms with E-state index >= 15 is 0 Å². The molecule has 2 amide bonds. The molecule has 1 aromatic carbocycles. The summed E-state index contributed by atoms with van der Waals surface area (Å²) in [6.07, 6.45) is 3.22. The largest absolute Gasteiger partial charge is 0.495 e. The van der Waals surface area contributed by atoms with Gasteiger partial charge in [-0.3, -0.25) is 9.59 Å². The maximum Gasteiger partial charge on any atom is 0.264 e. The van der Waals surface area contributed by atoms with Gasteiger partial charge in [-0.2, -0.15) is 0 Å². The summed E-state index contributed by atoms with van der Waals surface area (Å²) >= 11 is 7.60. The van der Waals surface area contributed by atoms with Gasteiger partial charge in [-0.15, -0.1) is 11.3 Å². The highest BCUT2D eigenvalue weighted by atomic mass is 35.5. The van der Waals surface area contributed by atoms with Gasteiger partial charge < -0.3 is 15.0 Å². The Hall–Kier alpha value is -2.05. The molecule has 0 spiro atoms. The Bertz CT molecular complexity index is 852. The second kappa shape index (κ2) is 9.43. The van der Waals surface area contributed by atoms with Gasteiger partial charge in [0.25, 0.3) is 5.91 Å². The maximum absolute atomic E-state index is 12.7. The molecule has 2 aromatic rings. The Balaban J connectivity index is 1.50. The van der Waals surface area contributed by atoms with Crippen molar-refractivity contribution < 1.29 is 14.3 Å². The third-order valence-electron chi connectivity index (χ3n) is 5.08. The van der Waals surface area contributed by atoms with E-state index in [1.165, 1.54) is 11.3 Å². The van der Waals surface area contributed by atoms with Gasteiger partial charge in [0.05, 0.1) is 17.0 Å². The monoisotopic (exact) mass is 420 g/mol. The van der Waals surface area contributed by atoms with Crippen molar-refractivity contribution in [2.45, 2.75) is 32.6 Å². The SMILES string of the molecule is COc1ccc(NC(=O)CC[C@H]2CCCN(C(=O)c3sccc3C)C2)cc1Cl. The fourth-order valence-corrected chi connectivity index (χ4v) is 4.67. The predicted octanol–water partition coefficient (Wildman–Crippen LogP) is 4.99. The van der Waals surface area contributed by atoms with Crippen LogP contribution < -0.4 is 10.1 Å². The van der Waals surface area contributed by atoms with Gasteiger partial charge in [-0.25, -0.2) is 0 Å². The van der Waals surface area contributed by atoms with E-state index in [2.05, 4.69) is 5.32 Å². The smallest absolute Gasteiger partial charge is 0.264 e. The van der Waals surface area contributed by atoms with Crippen molar-refractivity contribution in [2.24, 2.45) is 5.92 Å². The van der Waals surface area contributed by atoms with Crippen LogP contribution in [-0.2, 0) is 4.79 Å². The Labute approximate surface area is 174 Å². The van der Waals surface area contributed by atoms with E-state index in [9.17, 15) is 9.59 Å². The number of carbonyl (C=O) groups excluding carboxylic acids is 2. The van der Waals surface area contributed by atoms with E-state index in [1.54, 1.807) is 25.3 Å². The van der Waals surface area contributed by atoms with E-state index in [0.29, 0.717) is 28.8 Å². The van der Waals surface area contributed by atoms with Crippen LogP contribution in [-0.4, -0.2) is 36.9 Å². The zero-order chi connectivity index (χ0) is 20.1. The molecule has 0 saturated carbocycles. The van der Waals surface area contributed by atoms with Crippen LogP contribution in [0.15, 0.2) is 29.6 Å². The molecule has 1 N–H and O–H groups in total. The van der Waals surface area contributed by atoms with Gasteiger partial charge in [0, 0.05) is 25.2 Å². The van der Waals surface area contributed by atoms with Crippen molar-refractivity contribution in [3.05, 3.63) is 45.1 Å². The molecule has 3 rings (SSSR count). The molecule has 0 bridgehead atoms. The summed E-state index contributed by atoms with van der Waals surface area (Å²) in [5.74, 6) is 1.00. The number of hydrogen-bond donors (Lipinski definition) is 1. The van der Waals surface area contributed by atoms with E-state index in [0.717, 1.165) is 42.8 Å². The molecule has 1 atom stereocenters. The number of anilines is 1. The zero-order valence-electron chi connectivity index (χ0n) is 16.2. The number of methoxy groups -OCH3 is 1. The van der Waals surface area contributed by atoms with Crippen LogP contribution in [0, 0.1) is 12.8 Å². The highest BCUT2D eigenvalue weighted by Crippen LogP contribution is 2.28. The maximum atomic E-state index is 12.7. The van der Waals surface area contributed by atoms with Crippen molar-refractivity contribution in [3.8, 4) is 5.75 Å². The zero-order valence-corrected chi connectivity index (χ0v) is 17.7. The molecular formula is C21H25ClN2O3S. The number of thiophene rings is 1. The summed E-state index contributed by atoms with van der Waals surface area (Å²) in [5, 5.41) is 5.30. The Kier molecular flexibility index (Phi) is 6.97. The molecule has 1 saturated heterocycles. The number of rotatable bonds is 6. The van der Waals surface area contributed by atoms with E-state index in [-0.39, 0.29) is 11.8 Å². The summed E-state index contributed by atoms with van der Waals surface area (Å²) in [4.78, 5) is 27.8. The van der Waals surface area contributed by atoms with Crippen molar-refractivity contribution in [3.63, 3.8) is 0 Å². The molecule has 0 radical (unpaired) electrons. The molecule has 0 unspecified atom stereocenters. The molecule has 28 heavy (non-hydrogen) atoms. The molecule has 2 heterocycles. The van der Waals surface area contributed by atoms with Gasteiger partial charge in [-0.1, -0.05) is 11.6 Å². The lowest BCUT2D eigenvalue weighted by Crippen LogP contribution is -2.40. The Morgan fingerprint density at radius 3 is 2.86 bits per heavy atom. The van der Waals surface area contributed by atoms with Crippen LogP contribution in [0.1, 0.15) is 40.9 Å². The lowest BCUT2D eigenvalue weighted by atomic mass is 9.93. The van der Waals surface area contributed by atoms with Crippen LogP contribution in [0.4, 0.5) is 5.69 Å². The number of carbonyl (C=O) groups is 2. The normalized spacial score (nSPS) is 16.7. The van der Waals surface area contributed by atoms with Crippen LogP contribution in [0.5, 0.6) is 5.75 Å². The molecule has 1 fully saturated rings. The molecule has 1 aromatic heterocycles. The quantitative estimate of drug-likeness (QED) is 0.716. The van der Waals surface area contributed by atoms with Crippen molar-refractivity contribution in [1.82, 2.24) is 4.90 Å². The number of nitrogens with zero attached hydrogens (tertiary/aromatic N) is 1. The van der Waals surface area contributed by atoms with E-state index in [1.807, 2.05) is 23.3 Å². The summed E-state index contributed by atoms with van der Waals surface area (Å²) in [6, 6.07) is 7.17. The van der Waals surface area contributed by atoms with Crippen LogP contribution in [0.25, 0.3) is 0 Å². The number of benzene rings is 1. The lowest BCUT2D eigenvalue weighted by molar-refractivity contribution is -0.116. The minimum absolute atomic E-state index is 0.0428. The summed E-state index contributed by atoms with van der Waals surface area (Å²) in [7, 11) is 1.55. The average Bonchev–Trinajstić information content (AvgIpc) is 3.12. The van der Waals surface area contributed by atoms with Gasteiger partial charge in [-0.05, 0) is 67.3 Å². The van der Waals surface area contributed by atoms with E-state index < -0.39 is 0 Å². The number of amides is 2. The average molecular weight is 421 g/mol. The minimum atomic E-state index is -0.0428. The number of aryl methyl sites for hydroxylation is 1. The number of nitrogens with one attached hydrogen (secondary N) is 1. The van der Waals surface area contributed by atoms with Gasteiger partial charge in [0.1, 0.15) is 5.75 Å². The molecule has 5 nitrogen and oxygen atoms in total. The molecular weight excluding hydrogens is 396 g/mol. The van der Waals surface area contributed by atoms with Crippen molar-refractivity contribution in [2.75, 3.05) is 25.5 Å². The lowest BCUT2D eigenvalue weighted by Gasteiger charge is -2.32. The summed E-state index contributed by atoms with van der Waals surface area (Å²) in [5.41, 5.74) is 1.69. The van der Waals surface area contributed by atoms with Crippen molar-refractivity contribution in [1.29, 1.82) is 0 Å². The molecule has 0 aliphatic carbocycles. The van der Waals surface area contributed by atoms with Crippen LogP contribution >= 0.6 is 22.9 Å². The van der Waals surface area contributed by atoms with Gasteiger partial charge in [0.15, 0.2) is 0 Å². The van der Waals surface area contributed by atoms with Gasteiger partial charge in [0.2, 0.25) is 5.91 Å². The Morgan fingerprint density at radius 2 is 2.18 bits per heavy atom. The first-order chi connectivity index (χ1) is 13.5. The van der Waals surface area contributed by atoms with Gasteiger partial charge >= 0.3 is 0 Å². The number of ether oxygens (including phenoxy) is 1. The third kappa shape index (κ3) is 5.06. The molecule has 1 aliphatic heterocycles. The second-order valence-corrected chi connectivity index (χ2v) is 8.45. The van der Waals surface area contributed by atoms with Crippen LogP contribution in [0.2, 0.25) is 5.02 Å². The fourth-order valence-electron chi connectivity index (χ4n) is 3.52. The standard InChI is InChI=1S/C21H25ClN2O3S/c1-14-9-11-28-20(14)21(26)24-10-3-4-15(13-24)5-8-19(25)23-16-6-7-18(27-2)17(22)12-16/h6-7,9,11-12,15H,3-5,8,10,13H2,1-2H3,(H,23,25)/t15-/m1/s1. The topological polar surface area (TPSA) is 58.6 Å². The van der Waals surface area contributed by atoms with Crippen molar-refractivity contribution >= 4 is 40.4 Å². The fraction of sp³-hybridized carbons (Fsp3) is 0.429. The number of hydrogen-bond acceptors (Lipinski definition) is 4. The first kappa shape index (κ1) is 20.7. The highest BCUT2D eigenvalue weighted by Gasteiger charge is 2.26. The first-order valence-corrected chi connectivity index (χ1v) is 10.7. The predicted molar refractivity (Wildman–Crippen MR) is 114 cm³/mol. The minimum Gasteiger partial charge on any atom is -0.495 e. The molecule has 7 heteroatoms. The Morgan fingerprint density at radius 1 is 1.36 bits per heavy atom. The molecule has 1 aliphatic rings. The number of likely N-dealkylation sites (tertiary alicyclic amines) is 1. The third-order valence-corrected chi connectivity index (χ3v) is 6.38. The molecule has 150 valence electrons. The second-order valence-electron chi connectivity index (χ2n) is 7.13. The van der Waals surface area contributed by atoms with E-state index in [4.69, 9.17) is 16.3 Å². The number of piperidine rings is 1. The first-order valence-electron chi connectivity index (χ1n) is 9.44. The summed E-state index contributed by atoms with van der Waals surface area (Å²) < 4.78 is 5.12. The van der Waals surface area contributed by atoms with Crippen LogP contribution in [0.3, 0.4) is 0 Å². The number of halogens is 1.